The molecule has 2 nitrogen and oxygen atoms in total. The van der Waals surface area contributed by atoms with Gasteiger partial charge < -0.3 is 11.1 Å². The van der Waals surface area contributed by atoms with E-state index in [0.717, 1.165) is 13.1 Å². The zero-order chi connectivity index (χ0) is 11.5. The molecule has 3 N–H and O–H groups in total. The summed E-state index contributed by atoms with van der Waals surface area (Å²) in [5.74, 6) is 0.683. The van der Waals surface area contributed by atoms with Crippen LogP contribution < -0.4 is 11.1 Å². The molecule has 2 atom stereocenters. The molecule has 0 amide bonds. The van der Waals surface area contributed by atoms with Crippen LogP contribution >= 0.6 is 0 Å². The summed E-state index contributed by atoms with van der Waals surface area (Å²) in [4.78, 5) is 0. The zero-order valence-corrected chi connectivity index (χ0v) is 10.9. The minimum Gasteiger partial charge on any atom is -0.330 e. The molecule has 0 fully saturated rings. The zero-order valence-electron chi connectivity index (χ0n) is 10.9. The van der Waals surface area contributed by atoms with Crippen LogP contribution in [-0.4, -0.2) is 19.1 Å². The first-order valence-electron chi connectivity index (χ1n) is 6.64. The third-order valence-corrected chi connectivity index (χ3v) is 3.01. The van der Waals surface area contributed by atoms with Gasteiger partial charge in [-0.05, 0) is 45.2 Å². The molecule has 0 spiro atoms. The van der Waals surface area contributed by atoms with Crippen LogP contribution in [0.4, 0.5) is 0 Å². The van der Waals surface area contributed by atoms with E-state index in [4.69, 9.17) is 5.73 Å². The number of unbranched alkanes of at least 4 members (excludes halogenated alkanes) is 2. The molecule has 0 rings (SSSR count). The molecule has 0 aliphatic carbocycles. The van der Waals surface area contributed by atoms with Crippen LogP contribution in [0.2, 0.25) is 0 Å². The molecule has 0 aromatic rings. The number of hydrogen-bond donors (Lipinski definition) is 2. The van der Waals surface area contributed by atoms with Crippen LogP contribution in [0.3, 0.4) is 0 Å². The van der Waals surface area contributed by atoms with Crippen LogP contribution in [-0.2, 0) is 0 Å². The Bertz CT molecular complexity index is 126. The Balaban J connectivity index is 3.19. The van der Waals surface area contributed by atoms with Gasteiger partial charge in [0.05, 0.1) is 0 Å². The first-order chi connectivity index (χ1) is 7.20. The molecular weight excluding hydrogens is 184 g/mol. The lowest BCUT2D eigenvalue weighted by Crippen LogP contribution is -2.27. The molecule has 92 valence electrons. The van der Waals surface area contributed by atoms with E-state index in [-0.39, 0.29) is 0 Å². The molecule has 2 unspecified atom stereocenters. The van der Waals surface area contributed by atoms with Gasteiger partial charge >= 0.3 is 0 Å². The molecule has 0 aliphatic heterocycles. The fourth-order valence-corrected chi connectivity index (χ4v) is 1.72. The van der Waals surface area contributed by atoms with Crippen molar-refractivity contribution >= 4 is 0 Å². The Hall–Kier alpha value is -0.0800. The smallest absolute Gasteiger partial charge is 0.00387 e. The standard InChI is InChI=1S/C13H30N2/c1-4-5-6-9-13(3)15-10-7-8-12(2)11-14/h12-13,15H,4-11,14H2,1-3H3. The molecule has 15 heavy (non-hydrogen) atoms. The second-order valence-electron chi connectivity index (χ2n) is 4.83. The summed E-state index contributed by atoms with van der Waals surface area (Å²) in [6, 6.07) is 0.685. The summed E-state index contributed by atoms with van der Waals surface area (Å²) in [7, 11) is 0. The second-order valence-corrected chi connectivity index (χ2v) is 4.83. The largest absolute Gasteiger partial charge is 0.330 e. The molecular formula is C13H30N2. The van der Waals surface area contributed by atoms with Crippen molar-refractivity contribution in [2.24, 2.45) is 11.7 Å². The summed E-state index contributed by atoms with van der Waals surface area (Å²) in [6.45, 7) is 8.75. The van der Waals surface area contributed by atoms with E-state index in [9.17, 15) is 0 Å². The van der Waals surface area contributed by atoms with E-state index in [1.165, 1.54) is 38.5 Å². The first-order valence-corrected chi connectivity index (χ1v) is 6.64. The van der Waals surface area contributed by atoms with Gasteiger partial charge in [0.25, 0.3) is 0 Å². The van der Waals surface area contributed by atoms with E-state index in [1.54, 1.807) is 0 Å². The van der Waals surface area contributed by atoms with Gasteiger partial charge in [0.1, 0.15) is 0 Å². The van der Waals surface area contributed by atoms with Crippen molar-refractivity contribution in [3.8, 4) is 0 Å². The number of rotatable bonds is 10. The van der Waals surface area contributed by atoms with E-state index < -0.39 is 0 Å². The summed E-state index contributed by atoms with van der Waals surface area (Å²) in [6.07, 6.45) is 7.89. The molecule has 0 radical (unpaired) electrons. The molecule has 0 aliphatic rings. The van der Waals surface area contributed by atoms with E-state index >= 15 is 0 Å². The lowest BCUT2D eigenvalue weighted by atomic mass is 10.1. The molecule has 0 heterocycles. The first kappa shape index (κ1) is 14.9. The average Bonchev–Trinajstić information content (AvgIpc) is 2.24. The predicted octanol–water partition coefficient (Wildman–Crippen LogP) is 2.92. The summed E-state index contributed by atoms with van der Waals surface area (Å²) < 4.78 is 0. The van der Waals surface area contributed by atoms with Crippen molar-refractivity contribution in [2.75, 3.05) is 13.1 Å². The number of nitrogens with one attached hydrogen (secondary N) is 1. The maximum Gasteiger partial charge on any atom is 0.00387 e. The SMILES string of the molecule is CCCCCC(C)NCCCC(C)CN. The van der Waals surface area contributed by atoms with Gasteiger partial charge in [-0.15, -0.1) is 0 Å². The fourth-order valence-electron chi connectivity index (χ4n) is 1.72. The second kappa shape index (κ2) is 10.4. The summed E-state index contributed by atoms with van der Waals surface area (Å²) in [5.41, 5.74) is 5.57. The van der Waals surface area contributed by atoms with Gasteiger partial charge in [-0.2, -0.15) is 0 Å². The normalized spacial score (nSPS) is 15.2. The van der Waals surface area contributed by atoms with Gasteiger partial charge in [-0.25, -0.2) is 0 Å². The molecule has 2 heteroatoms. The maximum absolute atomic E-state index is 5.57. The van der Waals surface area contributed by atoms with Gasteiger partial charge in [0.15, 0.2) is 0 Å². The molecule has 0 aromatic heterocycles. The third-order valence-electron chi connectivity index (χ3n) is 3.01. The summed E-state index contributed by atoms with van der Waals surface area (Å²) >= 11 is 0. The van der Waals surface area contributed by atoms with Crippen molar-refractivity contribution in [1.29, 1.82) is 0 Å². The van der Waals surface area contributed by atoms with Gasteiger partial charge in [-0.3, -0.25) is 0 Å². The fraction of sp³-hybridized carbons (Fsp3) is 1.00. The Labute approximate surface area is 96.0 Å². The maximum atomic E-state index is 5.57. The highest BCUT2D eigenvalue weighted by Gasteiger charge is 2.01. The number of hydrogen-bond acceptors (Lipinski definition) is 2. The predicted molar refractivity (Wildman–Crippen MR) is 69.1 cm³/mol. The highest BCUT2D eigenvalue weighted by Crippen LogP contribution is 2.04. The Morgan fingerprint density at radius 2 is 1.80 bits per heavy atom. The monoisotopic (exact) mass is 214 g/mol. The lowest BCUT2D eigenvalue weighted by molar-refractivity contribution is 0.451. The van der Waals surface area contributed by atoms with Crippen molar-refractivity contribution in [3.05, 3.63) is 0 Å². The third kappa shape index (κ3) is 10.2. The Morgan fingerprint density at radius 1 is 1.07 bits per heavy atom. The van der Waals surface area contributed by atoms with Crippen LogP contribution in [0.5, 0.6) is 0 Å². The van der Waals surface area contributed by atoms with Crippen LogP contribution in [0.1, 0.15) is 59.3 Å². The van der Waals surface area contributed by atoms with Crippen molar-refractivity contribution < 1.29 is 0 Å². The van der Waals surface area contributed by atoms with Crippen molar-refractivity contribution in [1.82, 2.24) is 5.32 Å². The lowest BCUT2D eigenvalue weighted by Gasteiger charge is -2.14. The Morgan fingerprint density at radius 3 is 2.40 bits per heavy atom. The molecule has 0 aromatic carbocycles. The van der Waals surface area contributed by atoms with E-state index in [2.05, 4.69) is 26.1 Å². The van der Waals surface area contributed by atoms with Gasteiger partial charge in [0.2, 0.25) is 0 Å². The van der Waals surface area contributed by atoms with Crippen molar-refractivity contribution in [3.63, 3.8) is 0 Å². The highest BCUT2D eigenvalue weighted by molar-refractivity contribution is 4.62. The quantitative estimate of drug-likeness (QED) is 0.549. The molecule has 0 saturated carbocycles. The Kier molecular flexibility index (Phi) is 10.4. The molecule has 0 saturated heterocycles. The minimum absolute atomic E-state index is 0.683. The van der Waals surface area contributed by atoms with Gasteiger partial charge in [-0.1, -0.05) is 33.1 Å². The number of nitrogens with two attached hydrogens (primary N) is 1. The van der Waals surface area contributed by atoms with Crippen molar-refractivity contribution in [2.45, 2.75) is 65.3 Å². The topological polar surface area (TPSA) is 38.0 Å². The van der Waals surface area contributed by atoms with Gasteiger partial charge in [0, 0.05) is 6.04 Å². The molecule has 0 bridgehead atoms. The average molecular weight is 214 g/mol. The van der Waals surface area contributed by atoms with Crippen LogP contribution in [0.15, 0.2) is 0 Å². The van der Waals surface area contributed by atoms with Crippen LogP contribution in [0.25, 0.3) is 0 Å². The van der Waals surface area contributed by atoms with Crippen LogP contribution in [0, 0.1) is 5.92 Å². The highest BCUT2D eigenvalue weighted by atomic mass is 14.9. The summed E-state index contributed by atoms with van der Waals surface area (Å²) in [5, 5.41) is 3.58. The van der Waals surface area contributed by atoms with E-state index in [0.29, 0.717) is 12.0 Å². The minimum atomic E-state index is 0.683. The van der Waals surface area contributed by atoms with E-state index in [1.807, 2.05) is 0 Å².